The van der Waals surface area contributed by atoms with Crippen LogP contribution >= 0.6 is 0 Å². The van der Waals surface area contributed by atoms with Gasteiger partial charge in [-0.1, -0.05) is 12.2 Å². The summed E-state index contributed by atoms with van der Waals surface area (Å²) < 4.78 is 6.34. The summed E-state index contributed by atoms with van der Waals surface area (Å²) in [6, 6.07) is 0. The average molecular weight is 234 g/mol. The molecule has 0 unspecified atom stereocenters. The van der Waals surface area contributed by atoms with E-state index in [1.54, 1.807) is 5.57 Å². The van der Waals surface area contributed by atoms with Crippen molar-refractivity contribution in [2.75, 3.05) is 0 Å². The summed E-state index contributed by atoms with van der Waals surface area (Å²) >= 11 is 0. The molecule has 0 aromatic carbocycles. The lowest BCUT2D eigenvalue weighted by atomic mass is 9.81. The minimum absolute atomic E-state index is 0.723. The quantitative estimate of drug-likeness (QED) is 0.519. The maximum atomic E-state index is 6.34. The molecule has 0 saturated heterocycles. The predicted octanol–water partition coefficient (Wildman–Crippen LogP) is 3.95. The zero-order valence-corrected chi connectivity index (χ0v) is 11.8. The van der Waals surface area contributed by atoms with Gasteiger partial charge in [-0.3, -0.25) is 0 Å². The molecule has 0 aromatic heterocycles. The van der Waals surface area contributed by atoms with E-state index >= 15 is 0 Å². The molecule has 88 valence electrons. The first-order valence-electron chi connectivity index (χ1n) is 6.54. The summed E-state index contributed by atoms with van der Waals surface area (Å²) in [5, 5.41) is 0. The lowest BCUT2D eigenvalue weighted by Crippen LogP contribution is -2.30. The molecular formula is C14H22OSi. The molecule has 3 aliphatic carbocycles. The van der Waals surface area contributed by atoms with Crippen LogP contribution in [0.2, 0.25) is 19.6 Å². The van der Waals surface area contributed by atoms with Crippen LogP contribution < -0.4 is 0 Å². The van der Waals surface area contributed by atoms with Gasteiger partial charge in [0.15, 0.2) is 0 Å². The second-order valence-electron chi connectivity index (χ2n) is 6.62. The average Bonchev–Trinajstić information content (AvgIpc) is 2.75. The van der Waals surface area contributed by atoms with Gasteiger partial charge in [-0.05, 0) is 62.7 Å². The fraction of sp³-hybridized carbons (Fsp3) is 0.714. The molecule has 0 heterocycles. The fourth-order valence-corrected chi connectivity index (χ4v) is 4.88. The van der Waals surface area contributed by atoms with Crippen molar-refractivity contribution >= 4 is 8.32 Å². The molecule has 1 saturated carbocycles. The number of allylic oxidation sites excluding steroid dienone is 4. The zero-order valence-electron chi connectivity index (χ0n) is 10.8. The predicted molar refractivity (Wildman–Crippen MR) is 69.5 cm³/mol. The molecule has 3 rings (SSSR count). The van der Waals surface area contributed by atoms with Gasteiger partial charge >= 0.3 is 0 Å². The summed E-state index contributed by atoms with van der Waals surface area (Å²) in [6.45, 7) is 9.19. The van der Waals surface area contributed by atoms with E-state index in [1.807, 2.05) is 0 Å². The van der Waals surface area contributed by atoms with Crippen LogP contribution in [0.4, 0.5) is 0 Å². The molecule has 1 fully saturated rings. The summed E-state index contributed by atoms with van der Waals surface area (Å²) in [4.78, 5) is 0. The van der Waals surface area contributed by atoms with Crippen molar-refractivity contribution in [3.63, 3.8) is 0 Å². The second kappa shape index (κ2) is 3.25. The van der Waals surface area contributed by atoms with Gasteiger partial charge in [0, 0.05) is 5.92 Å². The van der Waals surface area contributed by atoms with E-state index in [4.69, 9.17) is 4.43 Å². The summed E-state index contributed by atoms with van der Waals surface area (Å²) in [6.07, 6.45) is 7.52. The lowest BCUT2D eigenvalue weighted by Gasteiger charge is -2.32. The standard InChI is InChI=1S/C14H22OSi/c1-9-12-8-13(11-7-5-6-10(11)12)14(9)15-16(2,3)4/h5,7,10-13H,6,8H2,1-4H3/t10-,11+,12+,13+/m0/s1. The number of rotatable bonds is 2. The monoisotopic (exact) mass is 234 g/mol. The van der Waals surface area contributed by atoms with Crippen molar-refractivity contribution in [1.29, 1.82) is 0 Å². The van der Waals surface area contributed by atoms with E-state index in [0.29, 0.717) is 0 Å². The van der Waals surface area contributed by atoms with Crippen molar-refractivity contribution < 1.29 is 4.43 Å². The minimum atomic E-state index is -1.43. The molecule has 0 spiro atoms. The second-order valence-corrected chi connectivity index (χ2v) is 11.0. The first-order valence-corrected chi connectivity index (χ1v) is 9.94. The van der Waals surface area contributed by atoms with Crippen LogP contribution in [0.25, 0.3) is 0 Å². The Bertz CT molecular complexity index is 375. The smallest absolute Gasteiger partial charge is 0.241 e. The molecule has 0 N–H and O–H groups in total. The highest BCUT2D eigenvalue weighted by Gasteiger charge is 2.52. The van der Waals surface area contributed by atoms with Crippen LogP contribution in [0.15, 0.2) is 23.5 Å². The maximum Gasteiger partial charge on any atom is 0.241 e. The van der Waals surface area contributed by atoms with E-state index in [2.05, 4.69) is 38.7 Å². The van der Waals surface area contributed by atoms with Gasteiger partial charge in [0.1, 0.15) is 0 Å². The van der Waals surface area contributed by atoms with Gasteiger partial charge in [-0.15, -0.1) is 0 Å². The van der Waals surface area contributed by atoms with Crippen molar-refractivity contribution in [3.8, 4) is 0 Å². The van der Waals surface area contributed by atoms with Crippen LogP contribution in [0, 0.1) is 23.7 Å². The Morgan fingerprint density at radius 3 is 2.69 bits per heavy atom. The van der Waals surface area contributed by atoms with Crippen LogP contribution in [0.1, 0.15) is 19.8 Å². The molecule has 16 heavy (non-hydrogen) atoms. The molecule has 0 aliphatic heterocycles. The van der Waals surface area contributed by atoms with Crippen LogP contribution in [0.5, 0.6) is 0 Å². The Kier molecular flexibility index (Phi) is 2.16. The number of hydrogen-bond donors (Lipinski definition) is 0. The van der Waals surface area contributed by atoms with Gasteiger partial charge in [-0.25, -0.2) is 0 Å². The fourth-order valence-electron chi connectivity index (χ4n) is 3.90. The van der Waals surface area contributed by atoms with E-state index < -0.39 is 8.32 Å². The van der Waals surface area contributed by atoms with E-state index in [9.17, 15) is 0 Å². The van der Waals surface area contributed by atoms with Gasteiger partial charge in [-0.2, -0.15) is 0 Å². The molecule has 0 radical (unpaired) electrons. The Balaban J connectivity index is 1.90. The molecule has 2 bridgehead atoms. The van der Waals surface area contributed by atoms with Crippen LogP contribution in [-0.2, 0) is 4.43 Å². The number of fused-ring (bicyclic) bond motifs is 5. The largest absolute Gasteiger partial charge is 0.547 e. The first-order chi connectivity index (χ1) is 7.47. The van der Waals surface area contributed by atoms with E-state index in [0.717, 1.165) is 23.7 Å². The van der Waals surface area contributed by atoms with Gasteiger partial charge < -0.3 is 4.43 Å². The van der Waals surface area contributed by atoms with Gasteiger partial charge in [0.2, 0.25) is 8.32 Å². The third-order valence-electron chi connectivity index (χ3n) is 4.45. The molecule has 0 aromatic rings. The summed E-state index contributed by atoms with van der Waals surface area (Å²) in [5.74, 6) is 4.66. The summed E-state index contributed by atoms with van der Waals surface area (Å²) in [5.41, 5.74) is 1.58. The lowest BCUT2D eigenvalue weighted by molar-refractivity contribution is 0.283. The maximum absolute atomic E-state index is 6.34. The van der Waals surface area contributed by atoms with Crippen LogP contribution in [0.3, 0.4) is 0 Å². The Labute approximate surface area is 99.7 Å². The SMILES string of the molecule is CC1=C(O[Si](C)(C)C)[C@@H]2C[C@H]1[C@H]1CC=C[C@H]12. The minimum Gasteiger partial charge on any atom is -0.547 e. The molecule has 2 heteroatoms. The molecular weight excluding hydrogens is 212 g/mol. The molecule has 3 aliphatic rings. The van der Waals surface area contributed by atoms with E-state index in [1.165, 1.54) is 18.6 Å². The topological polar surface area (TPSA) is 9.23 Å². The van der Waals surface area contributed by atoms with Crippen LogP contribution in [-0.4, -0.2) is 8.32 Å². The Morgan fingerprint density at radius 2 is 2.00 bits per heavy atom. The Morgan fingerprint density at radius 1 is 1.25 bits per heavy atom. The highest BCUT2D eigenvalue weighted by Crippen LogP contribution is 2.59. The third-order valence-corrected chi connectivity index (χ3v) is 5.28. The Hall–Kier alpha value is -0.503. The first kappa shape index (κ1) is 10.6. The van der Waals surface area contributed by atoms with Gasteiger partial charge in [0.25, 0.3) is 0 Å². The van der Waals surface area contributed by atoms with Crippen molar-refractivity contribution in [3.05, 3.63) is 23.5 Å². The highest BCUT2D eigenvalue weighted by atomic mass is 28.4. The van der Waals surface area contributed by atoms with E-state index in [-0.39, 0.29) is 0 Å². The number of hydrogen-bond acceptors (Lipinski definition) is 1. The summed E-state index contributed by atoms with van der Waals surface area (Å²) in [7, 11) is -1.43. The zero-order chi connectivity index (χ0) is 11.5. The molecule has 0 amide bonds. The van der Waals surface area contributed by atoms with Crippen molar-refractivity contribution in [1.82, 2.24) is 0 Å². The molecule has 1 nitrogen and oxygen atoms in total. The molecule has 4 atom stereocenters. The van der Waals surface area contributed by atoms with Crippen molar-refractivity contribution in [2.45, 2.75) is 39.4 Å². The van der Waals surface area contributed by atoms with Gasteiger partial charge in [0.05, 0.1) is 5.76 Å². The van der Waals surface area contributed by atoms with Crippen molar-refractivity contribution in [2.24, 2.45) is 23.7 Å². The third kappa shape index (κ3) is 1.42. The highest BCUT2D eigenvalue weighted by molar-refractivity contribution is 6.70. The normalized spacial score (nSPS) is 40.8.